The van der Waals surface area contributed by atoms with E-state index in [2.05, 4.69) is 109 Å². The second-order valence-corrected chi connectivity index (χ2v) is 9.40. The quantitative estimate of drug-likeness (QED) is 0.289. The van der Waals surface area contributed by atoms with Crippen molar-refractivity contribution in [1.29, 1.82) is 0 Å². The van der Waals surface area contributed by atoms with E-state index in [1.54, 1.807) is 11.3 Å². The number of aromatic nitrogens is 1. The van der Waals surface area contributed by atoms with Crippen LogP contribution in [0.3, 0.4) is 0 Å². The molecule has 0 atom stereocenters. The normalized spacial score (nSPS) is 11.0. The number of hydrogen-bond acceptors (Lipinski definition) is 4. The number of rotatable bonds is 6. The minimum atomic E-state index is 0.739. The van der Waals surface area contributed by atoms with Gasteiger partial charge in [0.1, 0.15) is 5.82 Å². The van der Waals surface area contributed by atoms with Crippen LogP contribution < -0.4 is 10.2 Å². The van der Waals surface area contributed by atoms with E-state index in [0.29, 0.717) is 0 Å². The third kappa shape index (κ3) is 4.35. The highest BCUT2D eigenvalue weighted by Crippen LogP contribution is 2.42. The predicted octanol–water partition coefficient (Wildman–Crippen LogP) is 7.62. The highest BCUT2D eigenvalue weighted by molar-refractivity contribution is 7.18. The number of nitrogens with one attached hydrogen (secondary N) is 1. The zero-order valence-corrected chi connectivity index (χ0v) is 20.0. The Morgan fingerprint density at radius 2 is 1.48 bits per heavy atom. The summed E-state index contributed by atoms with van der Waals surface area (Å²) in [5.41, 5.74) is 8.49. The first kappa shape index (κ1) is 21.2. The second kappa shape index (κ2) is 9.08. The van der Waals surface area contributed by atoms with E-state index in [0.717, 1.165) is 12.4 Å². The molecule has 164 valence electrons. The fraction of sp³-hybridized carbons (Fsp3) is 0.138. The molecule has 0 spiro atoms. The van der Waals surface area contributed by atoms with Gasteiger partial charge >= 0.3 is 0 Å². The SMILES string of the molecule is Cc1ccc(-c2csc3c(-c4ccc(N(C)C)cc4)cnc(NCc4ccccc4)c23)cc1. The minimum absolute atomic E-state index is 0.739. The Morgan fingerprint density at radius 1 is 0.818 bits per heavy atom. The van der Waals surface area contributed by atoms with Gasteiger partial charge in [-0.3, -0.25) is 0 Å². The van der Waals surface area contributed by atoms with Crippen molar-refractivity contribution in [1.82, 2.24) is 4.98 Å². The molecule has 0 fully saturated rings. The molecule has 0 amide bonds. The molecule has 0 aliphatic rings. The van der Waals surface area contributed by atoms with Crippen LogP contribution in [0.15, 0.2) is 90.4 Å². The summed E-state index contributed by atoms with van der Waals surface area (Å²) in [4.78, 5) is 7.04. The lowest BCUT2D eigenvalue weighted by Crippen LogP contribution is -2.07. The van der Waals surface area contributed by atoms with Gasteiger partial charge in [0.25, 0.3) is 0 Å². The van der Waals surface area contributed by atoms with Crippen LogP contribution in [-0.4, -0.2) is 19.1 Å². The Hall–Kier alpha value is -3.63. The second-order valence-electron chi connectivity index (χ2n) is 8.52. The molecule has 1 N–H and O–H groups in total. The molecule has 0 aliphatic carbocycles. The first-order valence-electron chi connectivity index (χ1n) is 11.1. The third-order valence-electron chi connectivity index (χ3n) is 5.96. The van der Waals surface area contributed by atoms with E-state index < -0.39 is 0 Å². The molecule has 3 nitrogen and oxygen atoms in total. The molecule has 5 aromatic rings. The van der Waals surface area contributed by atoms with Crippen molar-refractivity contribution < 1.29 is 0 Å². The van der Waals surface area contributed by atoms with Crippen LogP contribution in [0, 0.1) is 6.92 Å². The molecule has 3 aromatic carbocycles. The predicted molar refractivity (Wildman–Crippen MR) is 143 cm³/mol. The minimum Gasteiger partial charge on any atom is -0.378 e. The smallest absolute Gasteiger partial charge is 0.135 e. The first-order chi connectivity index (χ1) is 16.1. The number of hydrogen-bond donors (Lipinski definition) is 1. The summed E-state index contributed by atoms with van der Waals surface area (Å²) in [5, 5.41) is 7.06. The van der Waals surface area contributed by atoms with Crippen LogP contribution >= 0.6 is 11.3 Å². The van der Waals surface area contributed by atoms with Gasteiger partial charge in [-0.2, -0.15) is 0 Å². The lowest BCUT2D eigenvalue weighted by Gasteiger charge is -2.14. The molecular formula is C29H27N3S. The van der Waals surface area contributed by atoms with E-state index in [-0.39, 0.29) is 0 Å². The molecule has 33 heavy (non-hydrogen) atoms. The average Bonchev–Trinajstić information content (AvgIpc) is 3.29. The zero-order valence-electron chi connectivity index (χ0n) is 19.2. The summed E-state index contributed by atoms with van der Waals surface area (Å²) < 4.78 is 1.26. The van der Waals surface area contributed by atoms with E-state index in [9.17, 15) is 0 Å². The number of nitrogens with zero attached hydrogens (tertiary/aromatic N) is 2. The molecule has 2 heterocycles. The van der Waals surface area contributed by atoms with E-state index in [1.165, 1.54) is 49.2 Å². The van der Waals surface area contributed by atoms with Crippen LogP contribution in [0.4, 0.5) is 11.5 Å². The van der Waals surface area contributed by atoms with Crippen molar-refractivity contribution in [3.63, 3.8) is 0 Å². The molecule has 4 heteroatoms. The summed E-state index contributed by atoms with van der Waals surface area (Å²) in [6, 6.07) is 27.9. The van der Waals surface area contributed by atoms with Gasteiger partial charge in [0.2, 0.25) is 0 Å². The van der Waals surface area contributed by atoms with Crippen LogP contribution in [0.5, 0.6) is 0 Å². The van der Waals surface area contributed by atoms with Crippen LogP contribution in [-0.2, 0) is 6.54 Å². The van der Waals surface area contributed by atoms with Crippen LogP contribution in [0.1, 0.15) is 11.1 Å². The Bertz CT molecular complexity index is 1370. The molecular weight excluding hydrogens is 422 g/mol. The summed E-state index contributed by atoms with van der Waals surface area (Å²) >= 11 is 1.79. The maximum atomic E-state index is 4.92. The first-order valence-corrected chi connectivity index (χ1v) is 12.0. The number of benzene rings is 3. The van der Waals surface area contributed by atoms with Gasteiger partial charge in [0.15, 0.2) is 0 Å². The van der Waals surface area contributed by atoms with Crippen molar-refractivity contribution in [3.8, 4) is 22.3 Å². The largest absolute Gasteiger partial charge is 0.378 e. The van der Waals surface area contributed by atoms with Crippen molar-refractivity contribution in [2.24, 2.45) is 0 Å². The summed E-state index contributed by atoms with van der Waals surface area (Å²) in [6.45, 7) is 2.86. The monoisotopic (exact) mass is 449 g/mol. The molecule has 5 rings (SSSR count). The van der Waals surface area contributed by atoms with Gasteiger partial charge in [-0.05, 0) is 41.1 Å². The van der Waals surface area contributed by atoms with Gasteiger partial charge in [-0.1, -0.05) is 72.3 Å². The fourth-order valence-electron chi connectivity index (χ4n) is 4.05. The van der Waals surface area contributed by atoms with E-state index in [4.69, 9.17) is 4.98 Å². The maximum absolute atomic E-state index is 4.92. The third-order valence-corrected chi connectivity index (χ3v) is 6.97. The molecule has 0 saturated carbocycles. The lowest BCUT2D eigenvalue weighted by molar-refractivity contribution is 1.12. The standard InChI is InChI=1S/C29H27N3S/c1-20-9-11-23(12-10-20)26-19-33-28-25(22-13-15-24(16-14-22)32(2)3)18-31-29(27(26)28)30-17-21-7-5-4-6-8-21/h4-16,18-19H,17H2,1-3H3,(H,30,31). The number of aryl methyl sites for hydroxylation is 1. The Kier molecular flexibility index (Phi) is 5.84. The van der Waals surface area contributed by atoms with Gasteiger partial charge < -0.3 is 10.2 Å². The average molecular weight is 450 g/mol. The Balaban J connectivity index is 1.62. The molecule has 0 bridgehead atoms. The fourth-order valence-corrected chi connectivity index (χ4v) is 5.16. The van der Waals surface area contributed by atoms with Crippen LogP contribution in [0.2, 0.25) is 0 Å². The molecule has 0 radical (unpaired) electrons. The van der Waals surface area contributed by atoms with Crippen molar-refractivity contribution in [3.05, 3.63) is 102 Å². The Morgan fingerprint density at radius 3 is 2.18 bits per heavy atom. The number of anilines is 2. The van der Waals surface area contributed by atoms with Gasteiger partial charge in [0.05, 0.1) is 0 Å². The van der Waals surface area contributed by atoms with Gasteiger partial charge in [0, 0.05) is 53.7 Å². The molecule has 0 saturated heterocycles. The highest BCUT2D eigenvalue weighted by atomic mass is 32.1. The van der Waals surface area contributed by atoms with Gasteiger partial charge in [-0.15, -0.1) is 11.3 Å². The topological polar surface area (TPSA) is 28.2 Å². The van der Waals surface area contributed by atoms with Crippen molar-refractivity contribution >= 4 is 32.9 Å². The summed E-state index contributed by atoms with van der Waals surface area (Å²) in [5.74, 6) is 0.930. The van der Waals surface area contributed by atoms with Crippen LogP contribution in [0.25, 0.3) is 32.3 Å². The summed E-state index contributed by atoms with van der Waals surface area (Å²) in [7, 11) is 4.13. The van der Waals surface area contributed by atoms with E-state index in [1.807, 2.05) is 12.3 Å². The van der Waals surface area contributed by atoms with Gasteiger partial charge in [-0.25, -0.2) is 4.98 Å². The molecule has 0 unspecified atom stereocenters. The summed E-state index contributed by atoms with van der Waals surface area (Å²) in [6.07, 6.45) is 2.01. The number of fused-ring (bicyclic) bond motifs is 1. The molecule has 2 aromatic heterocycles. The maximum Gasteiger partial charge on any atom is 0.135 e. The number of thiophene rings is 1. The number of pyridine rings is 1. The highest BCUT2D eigenvalue weighted by Gasteiger charge is 2.17. The van der Waals surface area contributed by atoms with E-state index >= 15 is 0 Å². The van der Waals surface area contributed by atoms with Crippen molar-refractivity contribution in [2.45, 2.75) is 13.5 Å². The van der Waals surface area contributed by atoms with Crippen molar-refractivity contribution in [2.75, 3.05) is 24.3 Å². The molecule has 0 aliphatic heterocycles. The lowest BCUT2D eigenvalue weighted by atomic mass is 10.0. The Labute approximate surface area is 199 Å². The zero-order chi connectivity index (χ0) is 22.8.